The molecule has 3 nitrogen and oxygen atoms in total. The molecule has 4 rings (SSSR count). The molecule has 0 spiro atoms. The third-order valence-corrected chi connectivity index (χ3v) is 5.34. The Hall–Kier alpha value is -2.26. The first-order chi connectivity index (χ1) is 11.6. The summed E-state index contributed by atoms with van der Waals surface area (Å²) in [5.41, 5.74) is 5.77. The second kappa shape index (κ2) is 5.67. The maximum atomic E-state index is 12.4. The first-order valence-corrected chi connectivity index (χ1v) is 8.56. The molecule has 1 aliphatic heterocycles. The smallest absolute Gasteiger partial charge is 0.244 e. The summed E-state index contributed by atoms with van der Waals surface area (Å²) >= 11 is 6.38. The second-order valence-corrected chi connectivity index (χ2v) is 7.00. The van der Waals surface area contributed by atoms with Crippen LogP contribution >= 0.6 is 11.6 Å². The van der Waals surface area contributed by atoms with Crippen LogP contribution in [-0.2, 0) is 11.3 Å². The number of amides is 1. The fourth-order valence-corrected chi connectivity index (χ4v) is 3.95. The number of para-hydroxylation sites is 1. The standard InChI is InChI=1S/C20H19ClN2O/c1-12-7-8-14(13(2)9-12)11-23-19(18(21)20(23)24)16-10-22-17-6-4-3-5-15(16)17/h3-10,18-19,22H,11H2,1-2H3. The van der Waals surface area contributed by atoms with Crippen LogP contribution in [0.15, 0.2) is 48.7 Å². The summed E-state index contributed by atoms with van der Waals surface area (Å²) in [5, 5.41) is 0.640. The number of aromatic amines is 1. The summed E-state index contributed by atoms with van der Waals surface area (Å²) in [6, 6.07) is 14.4. The molecule has 2 unspecified atom stereocenters. The monoisotopic (exact) mass is 338 g/mol. The van der Waals surface area contributed by atoms with Gasteiger partial charge in [0.15, 0.2) is 0 Å². The molecule has 0 bridgehead atoms. The normalized spacial score (nSPS) is 20.5. The molecule has 1 N–H and O–H groups in total. The average Bonchev–Trinajstić information content (AvgIpc) is 2.99. The number of benzene rings is 2. The minimum absolute atomic E-state index is 0.00641. The molecule has 4 heteroatoms. The van der Waals surface area contributed by atoms with Gasteiger partial charge in [-0.3, -0.25) is 4.79 Å². The molecule has 1 aliphatic rings. The minimum atomic E-state index is -0.491. The zero-order valence-electron chi connectivity index (χ0n) is 13.7. The summed E-state index contributed by atoms with van der Waals surface area (Å²) < 4.78 is 0. The molecule has 2 atom stereocenters. The topological polar surface area (TPSA) is 36.1 Å². The zero-order valence-corrected chi connectivity index (χ0v) is 14.5. The van der Waals surface area contributed by atoms with E-state index in [0.29, 0.717) is 6.54 Å². The molecule has 122 valence electrons. The third-order valence-electron chi connectivity index (χ3n) is 4.91. The van der Waals surface area contributed by atoms with Gasteiger partial charge in [0.25, 0.3) is 0 Å². The first-order valence-electron chi connectivity index (χ1n) is 8.13. The van der Waals surface area contributed by atoms with E-state index in [2.05, 4.69) is 43.1 Å². The van der Waals surface area contributed by atoms with Gasteiger partial charge >= 0.3 is 0 Å². The fourth-order valence-electron chi connectivity index (χ4n) is 3.55. The predicted molar refractivity (Wildman–Crippen MR) is 97.1 cm³/mol. The molecule has 0 aliphatic carbocycles. The molecule has 1 fully saturated rings. The number of hydrogen-bond donors (Lipinski definition) is 1. The van der Waals surface area contributed by atoms with E-state index in [1.165, 1.54) is 16.7 Å². The van der Waals surface area contributed by atoms with Crippen molar-refractivity contribution in [2.45, 2.75) is 31.8 Å². The third kappa shape index (κ3) is 2.31. The number of carbonyl (C=O) groups excluding carboxylic acids is 1. The number of rotatable bonds is 3. The van der Waals surface area contributed by atoms with Crippen LogP contribution in [-0.4, -0.2) is 21.2 Å². The first kappa shape index (κ1) is 15.3. The van der Waals surface area contributed by atoms with Gasteiger partial charge in [-0.25, -0.2) is 0 Å². The Bertz CT molecular complexity index is 930. The molecule has 0 radical (unpaired) electrons. The van der Waals surface area contributed by atoms with E-state index in [4.69, 9.17) is 11.6 Å². The van der Waals surface area contributed by atoms with Crippen LogP contribution in [0, 0.1) is 13.8 Å². The number of nitrogens with one attached hydrogen (secondary N) is 1. The summed E-state index contributed by atoms with van der Waals surface area (Å²) in [7, 11) is 0. The highest BCUT2D eigenvalue weighted by Crippen LogP contribution is 2.42. The van der Waals surface area contributed by atoms with E-state index >= 15 is 0 Å². The van der Waals surface area contributed by atoms with Crippen LogP contribution in [0.25, 0.3) is 10.9 Å². The van der Waals surface area contributed by atoms with E-state index in [-0.39, 0.29) is 11.9 Å². The summed E-state index contributed by atoms with van der Waals surface area (Å²) in [6.45, 7) is 4.76. The number of H-pyrrole nitrogens is 1. The quantitative estimate of drug-likeness (QED) is 0.555. The van der Waals surface area contributed by atoms with Crippen molar-refractivity contribution in [2.24, 2.45) is 0 Å². The van der Waals surface area contributed by atoms with Crippen molar-refractivity contribution in [3.63, 3.8) is 0 Å². The Morgan fingerprint density at radius 2 is 1.96 bits per heavy atom. The molecular formula is C20H19ClN2O. The number of hydrogen-bond acceptors (Lipinski definition) is 1. The van der Waals surface area contributed by atoms with Gasteiger partial charge in [0.05, 0.1) is 6.04 Å². The lowest BCUT2D eigenvalue weighted by Crippen LogP contribution is -2.55. The lowest BCUT2D eigenvalue weighted by atomic mass is 9.91. The minimum Gasteiger partial charge on any atom is -0.361 e. The molecule has 2 heterocycles. The van der Waals surface area contributed by atoms with Crippen molar-refractivity contribution in [3.8, 4) is 0 Å². The molecule has 2 aromatic carbocycles. The number of aryl methyl sites for hydroxylation is 2. The van der Waals surface area contributed by atoms with Crippen molar-refractivity contribution in [1.29, 1.82) is 0 Å². The number of fused-ring (bicyclic) bond motifs is 1. The van der Waals surface area contributed by atoms with Crippen LogP contribution in [0.1, 0.15) is 28.3 Å². The van der Waals surface area contributed by atoms with Crippen molar-refractivity contribution in [3.05, 3.63) is 70.9 Å². The van der Waals surface area contributed by atoms with Crippen LogP contribution in [0.4, 0.5) is 0 Å². The van der Waals surface area contributed by atoms with Crippen LogP contribution in [0.2, 0.25) is 0 Å². The van der Waals surface area contributed by atoms with Gasteiger partial charge in [-0.1, -0.05) is 42.0 Å². The number of likely N-dealkylation sites (tertiary alicyclic amines) is 1. The Balaban J connectivity index is 1.68. The maximum absolute atomic E-state index is 12.4. The van der Waals surface area contributed by atoms with Gasteiger partial charge < -0.3 is 9.88 Å². The largest absolute Gasteiger partial charge is 0.361 e. The summed E-state index contributed by atoms with van der Waals surface area (Å²) in [6.07, 6.45) is 1.98. The molecule has 3 aromatic rings. The van der Waals surface area contributed by atoms with E-state index in [1.807, 2.05) is 29.3 Å². The maximum Gasteiger partial charge on any atom is 0.244 e. The fraction of sp³-hybridized carbons (Fsp3) is 0.250. The van der Waals surface area contributed by atoms with Crippen molar-refractivity contribution in [1.82, 2.24) is 9.88 Å². The highest BCUT2D eigenvalue weighted by Gasteiger charge is 2.47. The summed E-state index contributed by atoms with van der Waals surface area (Å²) in [5.74, 6) is 0.00641. The van der Waals surface area contributed by atoms with Gasteiger partial charge in [-0.05, 0) is 31.0 Å². The SMILES string of the molecule is Cc1ccc(CN2C(=O)C(Cl)C2c2c[nH]c3ccccc23)c(C)c1. The number of carbonyl (C=O) groups is 1. The number of β-lactam (4-membered cyclic amide) rings is 1. The highest BCUT2D eigenvalue weighted by atomic mass is 35.5. The number of nitrogens with zero attached hydrogens (tertiary/aromatic N) is 1. The highest BCUT2D eigenvalue weighted by molar-refractivity contribution is 6.33. The van der Waals surface area contributed by atoms with Crippen LogP contribution in [0.3, 0.4) is 0 Å². The second-order valence-electron chi connectivity index (χ2n) is 6.53. The number of aromatic nitrogens is 1. The molecular weight excluding hydrogens is 320 g/mol. The van der Waals surface area contributed by atoms with Gasteiger partial charge in [-0.2, -0.15) is 0 Å². The molecule has 1 aromatic heterocycles. The Morgan fingerprint density at radius 1 is 1.17 bits per heavy atom. The van der Waals surface area contributed by atoms with Crippen LogP contribution in [0.5, 0.6) is 0 Å². The lowest BCUT2D eigenvalue weighted by Gasteiger charge is -2.44. The predicted octanol–water partition coefficient (Wildman–Crippen LogP) is 4.48. The van der Waals surface area contributed by atoms with Crippen LogP contribution < -0.4 is 0 Å². The van der Waals surface area contributed by atoms with Gasteiger partial charge in [0.1, 0.15) is 5.38 Å². The van der Waals surface area contributed by atoms with Gasteiger partial charge in [-0.15, -0.1) is 11.6 Å². The molecule has 1 saturated heterocycles. The van der Waals surface area contributed by atoms with Crippen molar-refractivity contribution >= 4 is 28.4 Å². The number of alkyl halides is 1. The molecule has 1 amide bonds. The Kier molecular flexibility index (Phi) is 3.61. The van der Waals surface area contributed by atoms with Gasteiger partial charge in [0.2, 0.25) is 5.91 Å². The molecule has 24 heavy (non-hydrogen) atoms. The Labute approximate surface area is 146 Å². The van der Waals surface area contributed by atoms with Gasteiger partial charge in [0, 0.05) is 29.2 Å². The lowest BCUT2D eigenvalue weighted by molar-refractivity contribution is -0.146. The van der Waals surface area contributed by atoms with E-state index in [1.54, 1.807) is 0 Å². The number of halogens is 1. The van der Waals surface area contributed by atoms with Crippen molar-refractivity contribution < 1.29 is 4.79 Å². The van der Waals surface area contributed by atoms with E-state index < -0.39 is 5.38 Å². The average molecular weight is 339 g/mol. The summed E-state index contributed by atoms with van der Waals surface area (Å²) in [4.78, 5) is 17.5. The van der Waals surface area contributed by atoms with E-state index in [9.17, 15) is 4.79 Å². The zero-order chi connectivity index (χ0) is 16.8. The van der Waals surface area contributed by atoms with E-state index in [0.717, 1.165) is 16.5 Å². The van der Waals surface area contributed by atoms with Crippen molar-refractivity contribution in [2.75, 3.05) is 0 Å². The Morgan fingerprint density at radius 3 is 2.75 bits per heavy atom. The molecule has 0 saturated carbocycles.